The van der Waals surface area contributed by atoms with Gasteiger partial charge in [0.2, 0.25) is 5.91 Å². The van der Waals surface area contributed by atoms with Crippen molar-refractivity contribution in [3.8, 4) is 0 Å². The van der Waals surface area contributed by atoms with Crippen molar-refractivity contribution >= 4 is 5.91 Å². The van der Waals surface area contributed by atoms with Crippen molar-refractivity contribution in [1.82, 2.24) is 14.8 Å². The lowest BCUT2D eigenvalue weighted by Crippen LogP contribution is -2.47. The maximum atomic E-state index is 13.0. The summed E-state index contributed by atoms with van der Waals surface area (Å²) in [5, 5.41) is 0. The normalized spacial score (nSPS) is 22.9. The Morgan fingerprint density at radius 3 is 2.74 bits per heavy atom. The smallest absolute Gasteiger partial charge is 0.227 e. The maximum Gasteiger partial charge on any atom is 0.227 e. The number of carbonyl (C=O) groups excluding carboxylic acids is 1. The number of pyridine rings is 1. The van der Waals surface area contributed by atoms with Gasteiger partial charge < -0.3 is 10.6 Å². The molecule has 2 aromatic rings. The number of carbonyl (C=O) groups is 1. The number of hydrogen-bond donors (Lipinski definition) is 1. The van der Waals surface area contributed by atoms with Crippen LogP contribution in [0.2, 0.25) is 0 Å². The van der Waals surface area contributed by atoms with E-state index in [-0.39, 0.29) is 12.0 Å². The van der Waals surface area contributed by atoms with Crippen molar-refractivity contribution in [3.05, 3.63) is 65.5 Å². The fraction of sp³-hybridized carbons (Fsp3) is 0.455. The number of nitrogens with two attached hydrogens (primary N) is 1. The molecule has 0 spiro atoms. The molecule has 4 heterocycles. The monoisotopic (exact) mass is 364 g/mol. The molecule has 142 valence electrons. The minimum atomic E-state index is 0.111. The van der Waals surface area contributed by atoms with Crippen LogP contribution in [0.15, 0.2) is 48.7 Å². The average molecular weight is 364 g/mol. The number of benzene rings is 1. The Hall–Kier alpha value is -2.24. The Labute approximate surface area is 161 Å². The molecule has 2 bridgehead atoms. The molecule has 1 aromatic heterocycles. The van der Waals surface area contributed by atoms with Gasteiger partial charge in [0, 0.05) is 31.9 Å². The summed E-state index contributed by atoms with van der Waals surface area (Å²) in [4.78, 5) is 22.0. The highest BCUT2D eigenvalue weighted by Crippen LogP contribution is 2.31. The SMILES string of the molecule is NCCc1cccc(CN2C[C@@H]3CC[C@H](C2)N(Cc2ccccn2)C3=O)c1. The van der Waals surface area contributed by atoms with Crippen molar-refractivity contribution in [2.75, 3.05) is 19.6 Å². The van der Waals surface area contributed by atoms with Crippen molar-refractivity contribution in [1.29, 1.82) is 0 Å². The first-order valence-corrected chi connectivity index (χ1v) is 9.93. The van der Waals surface area contributed by atoms with Crippen LogP contribution in [0.3, 0.4) is 0 Å². The zero-order chi connectivity index (χ0) is 18.6. The first-order valence-electron chi connectivity index (χ1n) is 9.93. The van der Waals surface area contributed by atoms with Crippen LogP contribution in [0.25, 0.3) is 0 Å². The molecule has 2 N–H and O–H groups in total. The van der Waals surface area contributed by atoms with Crippen LogP contribution < -0.4 is 5.73 Å². The Balaban J connectivity index is 1.47. The molecule has 0 unspecified atom stereocenters. The van der Waals surface area contributed by atoms with Gasteiger partial charge in [-0.25, -0.2) is 0 Å². The molecular weight excluding hydrogens is 336 g/mol. The molecule has 0 aliphatic carbocycles. The summed E-state index contributed by atoms with van der Waals surface area (Å²) < 4.78 is 0. The molecule has 5 heteroatoms. The molecule has 2 atom stereocenters. The lowest BCUT2D eigenvalue weighted by Gasteiger charge is -2.35. The Morgan fingerprint density at radius 2 is 1.93 bits per heavy atom. The standard InChI is InChI=1S/C22H28N4O/c23-10-9-17-4-3-5-18(12-17)13-25-14-19-7-8-21(16-25)26(22(19)27)15-20-6-1-2-11-24-20/h1-6,11-12,19,21H,7-10,13-16,23H2/t19-,21+/m0/s1. The second-order valence-electron chi connectivity index (χ2n) is 7.77. The lowest BCUT2D eigenvalue weighted by molar-refractivity contribution is -0.140. The average Bonchev–Trinajstić information content (AvgIpc) is 2.95. The van der Waals surface area contributed by atoms with Gasteiger partial charge in [-0.2, -0.15) is 0 Å². The molecule has 0 radical (unpaired) electrons. The van der Waals surface area contributed by atoms with Crippen molar-refractivity contribution in [2.45, 2.75) is 38.4 Å². The van der Waals surface area contributed by atoms with Gasteiger partial charge in [-0.1, -0.05) is 30.3 Å². The number of rotatable bonds is 6. The summed E-state index contributed by atoms with van der Waals surface area (Å²) in [5.41, 5.74) is 9.27. The van der Waals surface area contributed by atoms with E-state index in [1.165, 1.54) is 11.1 Å². The highest BCUT2D eigenvalue weighted by Gasteiger charge is 2.40. The molecule has 0 saturated carbocycles. The summed E-state index contributed by atoms with van der Waals surface area (Å²) in [6.07, 6.45) is 4.81. The first-order chi connectivity index (χ1) is 13.2. The van der Waals surface area contributed by atoms with Gasteiger partial charge in [-0.05, 0) is 49.1 Å². The third kappa shape index (κ3) is 4.20. The van der Waals surface area contributed by atoms with Gasteiger partial charge in [0.15, 0.2) is 0 Å². The molecule has 5 rings (SSSR count). The number of aromatic nitrogens is 1. The number of nitrogens with zero attached hydrogens (tertiary/aromatic N) is 3. The second-order valence-corrected chi connectivity index (χ2v) is 7.77. The zero-order valence-corrected chi connectivity index (χ0v) is 15.8. The minimum absolute atomic E-state index is 0.111. The van der Waals surface area contributed by atoms with E-state index in [9.17, 15) is 4.79 Å². The van der Waals surface area contributed by atoms with E-state index in [1.54, 1.807) is 6.20 Å². The van der Waals surface area contributed by atoms with Crippen molar-refractivity contribution < 1.29 is 4.79 Å². The van der Waals surface area contributed by atoms with Crippen molar-refractivity contribution in [3.63, 3.8) is 0 Å². The predicted molar refractivity (Wildman–Crippen MR) is 106 cm³/mol. The van der Waals surface area contributed by atoms with Crippen LogP contribution in [0.1, 0.15) is 29.7 Å². The number of piperidine rings is 1. The fourth-order valence-corrected chi connectivity index (χ4v) is 4.44. The maximum absolute atomic E-state index is 13.0. The van der Waals surface area contributed by atoms with Gasteiger partial charge in [-0.3, -0.25) is 14.7 Å². The van der Waals surface area contributed by atoms with Gasteiger partial charge in [0.05, 0.1) is 18.2 Å². The fourth-order valence-electron chi connectivity index (χ4n) is 4.44. The number of amides is 1. The Kier molecular flexibility index (Phi) is 5.50. The predicted octanol–water partition coefficient (Wildman–Crippen LogP) is 2.21. The quantitative estimate of drug-likeness (QED) is 0.854. The molecule has 3 fully saturated rings. The number of fused-ring (bicyclic) bond motifs is 4. The van der Waals surface area contributed by atoms with Crippen LogP contribution in [0.5, 0.6) is 0 Å². The Bertz CT molecular complexity index is 779. The van der Waals surface area contributed by atoms with Gasteiger partial charge in [-0.15, -0.1) is 0 Å². The molecule has 27 heavy (non-hydrogen) atoms. The summed E-state index contributed by atoms with van der Waals surface area (Å²) in [7, 11) is 0. The van der Waals surface area contributed by atoms with Crippen LogP contribution in [0.4, 0.5) is 0 Å². The third-order valence-corrected chi connectivity index (χ3v) is 5.76. The summed E-state index contributed by atoms with van der Waals surface area (Å²) >= 11 is 0. The largest absolute Gasteiger partial charge is 0.332 e. The second kappa shape index (κ2) is 8.19. The van der Waals surface area contributed by atoms with Gasteiger partial charge in [0.25, 0.3) is 0 Å². The van der Waals surface area contributed by atoms with Gasteiger partial charge in [0.1, 0.15) is 0 Å². The van der Waals surface area contributed by atoms with E-state index < -0.39 is 0 Å². The van der Waals surface area contributed by atoms with Crippen molar-refractivity contribution in [2.24, 2.45) is 11.7 Å². The topological polar surface area (TPSA) is 62.5 Å². The minimum Gasteiger partial charge on any atom is -0.332 e. The zero-order valence-electron chi connectivity index (χ0n) is 15.8. The van der Waals surface area contributed by atoms with Crippen LogP contribution in [-0.2, 0) is 24.3 Å². The van der Waals surface area contributed by atoms with Gasteiger partial charge >= 0.3 is 0 Å². The van der Waals surface area contributed by atoms with Crippen LogP contribution in [-0.4, -0.2) is 46.4 Å². The van der Waals surface area contributed by atoms with Crippen LogP contribution in [0, 0.1) is 5.92 Å². The van der Waals surface area contributed by atoms with E-state index >= 15 is 0 Å². The molecule has 3 saturated heterocycles. The molecule has 1 aromatic carbocycles. The Morgan fingerprint density at radius 1 is 1.04 bits per heavy atom. The van der Waals surface area contributed by atoms with E-state index in [4.69, 9.17) is 5.73 Å². The third-order valence-electron chi connectivity index (χ3n) is 5.76. The summed E-state index contributed by atoms with van der Waals surface area (Å²) in [6, 6.07) is 14.9. The lowest BCUT2D eigenvalue weighted by atomic mass is 9.94. The highest BCUT2D eigenvalue weighted by molar-refractivity contribution is 5.80. The molecule has 3 aliphatic heterocycles. The van der Waals surface area contributed by atoms with E-state index in [1.807, 2.05) is 18.2 Å². The van der Waals surface area contributed by atoms with E-state index in [0.717, 1.165) is 44.6 Å². The molecular formula is C22H28N4O. The first kappa shape index (κ1) is 18.1. The van der Waals surface area contributed by atoms with Crippen LogP contribution >= 0.6 is 0 Å². The summed E-state index contributed by atoms with van der Waals surface area (Å²) in [6.45, 7) is 4.00. The van der Waals surface area contributed by atoms with E-state index in [0.29, 0.717) is 19.0 Å². The number of hydrogen-bond acceptors (Lipinski definition) is 4. The molecule has 3 aliphatic rings. The molecule has 5 nitrogen and oxygen atoms in total. The van der Waals surface area contributed by atoms with E-state index in [2.05, 4.69) is 39.0 Å². The summed E-state index contributed by atoms with van der Waals surface area (Å²) in [5.74, 6) is 0.413. The highest BCUT2D eigenvalue weighted by atomic mass is 16.2. The molecule has 1 amide bonds.